The zero-order valence-electron chi connectivity index (χ0n) is 8.54. The van der Waals surface area contributed by atoms with Crippen LogP contribution in [0.2, 0.25) is 0 Å². The molecule has 1 aliphatic rings. The molecule has 0 spiro atoms. The van der Waals surface area contributed by atoms with Crippen LogP contribution in [-0.2, 0) is 14.6 Å². The maximum Gasteiger partial charge on any atom is 0.187 e. The monoisotopic (exact) mass is 242 g/mol. The summed E-state index contributed by atoms with van der Waals surface area (Å²) in [5.74, 6) is 0.733. The second-order valence-corrected chi connectivity index (χ2v) is 5.50. The summed E-state index contributed by atoms with van der Waals surface area (Å²) >= 11 is 0. The summed E-state index contributed by atoms with van der Waals surface area (Å²) in [7, 11) is -3.26. The van der Waals surface area contributed by atoms with Gasteiger partial charge in [-0.05, 0) is 12.1 Å². The average Bonchev–Trinajstić information content (AvgIpc) is 2.26. The first kappa shape index (κ1) is 10.9. The lowest BCUT2D eigenvalue weighted by atomic mass is 10.3. The zero-order valence-corrected chi connectivity index (χ0v) is 9.36. The first-order chi connectivity index (χ1) is 7.50. The average molecular weight is 242 g/mol. The molecule has 0 fully saturated rings. The SMILES string of the molecule is CS(=O)(=O)c1ccc2c(c1)OCC(C=O)O2. The fourth-order valence-electron chi connectivity index (χ4n) is 1.37. The molecule has 0 radical (unpaired) electrons. The van der Waals surface area contributed by atoms with Gasteiger partial charge in [-0.15, -0.1) is 0 Å². The molecule has 16 heavy (non-hydrogen) atoms. The molecule has 0 aromatic heterocycles. The highest BCUT2D eigenvalue weighted by molar-refractivity contribution is 7.90. The van der Waals surface area contributed by atoms with Crippen molar-refractivity contribution >= 4 is 16.1 Å². The predicted molar refractivity (Wildman–Crippen MR) is 55.5 cm³/mol. The van der Waals surface area contributed by atoms with Crippen LogP contribution in [0.4, 0.5) is 0 Å². The minimum atomic E-state index is -3.26. The number of hydrogen-bond donors (Lipinski definition) is 0. The van der Waals surface area contributed by atoms with E-state index in [-0.39, 0.29) is 11.5 Å². The van der Waals surface area contributed by atoms with Gasteiger partial charge in [-0.3, -0.25) is 4.79 Å². The molecule has 6 heteroatoms. The van der Waals surface area contributed by atoms with Crippen molar-refractivity contribution in [3.05, 3.63) is 18.2 Å². The molecule has 1 aliphatic heterocycles. The number of ether oxygens (including phenoxy) is 2. The van der Waals surface area contributed by atoms with Gasteiger partial charge in [0.05, 0.1) is 4.90 Å². The molecule has 1 atom stereocenters. The van der Waals surface area contributed by atoms with Crippen LogP contribution in [0.5, 0.6) is 11.5 Å². The Hall–Kier alpha value is -1.56. The van der Waals surface area contributed by atoms with E-state index in [9.17, 15) is 13.2 Å². The van der Waals surface area contributed by atoms with E-state index in [0.717, 1.165) is 6.26 Å². The number of fused-ring (bicyclic) bond motifs is 1. The molecule has 0 N–H and O–H groups in total. The van der Waals surface area contributed by atoms with Gasteiger partial charge in [-0.25, -0.2) is 8.42 Å². The molecule has 0 amide bonds. The van der Waals surface area contributed by atoms with Crippen LogP contribution < -0.4 is 9.47 Å². The van der Waals surface area contributed by atoms with E-state index in [1.165, 1.54) is 18.2 Å². The molecule has 0 saturated heterocycles. The van der Waals surface area contributed by atoms with E-state index in [4.69, 9.17) is 9.47 Å². The smallest absolute Gasteiger partial charge is 0.187 e. The normalized spacial score (nSPS) is 19.2. The Morgan fingerprint density at radius 1 is 1.38 bits per heavy atom. The van der Waals surface area contributed by atoms with Gasteiger partial charge in [0.15, 0.2) is 33.7 Å². The maximum atomic E-state index is 11.3. The van der Waals surface area contributed by atoms with Gasteiger partial charge in [0, 0.05) is 12.3 Å². The van der Waals surface area contributed by atoms with Gasteiger partial charge in [0.1, 0.15) is 6.61 Å². The molecule has 2 rings (SSSR count). The Labute approximate surface area is 92.9 Å². The highest BCUT2D eigenvalue weighted by Gasteiger charge is 2.21. The first-order valence-corrected chi connectivity index (χ1v) is 6.49. The molecule has 86 valence electrons. The Balaban J connectivity index is 2.39. The van der Waals surface area contributed by atoms with Crippen molar-refractivity contribution in [1.82, 2.24) is 0 Å². The number of carbonyl (C=O) groups is 1. The van der Waals surface area contributed by atoms with Crippen molar-refractivity contribution in [2.24, 2.45) is 0 Å². The van der Waals surface area contributed by atoms with Crippen molar-refractivity contribution in [2.75, 3.05) is 12.9 Å². The standard InChI is InChI=1S/C10H10O5S/c1-16(12,13)8-2-3-9-10(4-8)14-6-7(5-11)15-9/h2-5,7H,6H2,1H3. The second-order valence-electron chi connectivity index (χ2n) is 3.48. The summed E-state index contributed by atoms with van der Waals surface area (Å²) in [5, 5.41) is 0. The topological polar surface area (TPSA) is 69.7 Å². The summed E-state index contributed by atoms with van der Waals surface area (Å²) in [6, 6.07) is 4.30. The molecule has 0 saturated carbocycles. The number of sulfone groups is 1. The van der Waals surface area contributed by atoms with Crippen molar-refractivity contribution in [3.8, 4) is 11.5 Å². The van der Waals surface area contributed by atoms with Gasteiger partial charge in [0.25, 0.3) is 0 Å². The first-order valence-electron chi connectivity index (χ1n) is 4.59. The van der Waals surface area contributed by atoms with Gasteiger partial charge < -0.3 is 9.47 Å². The third-order valence-electron chi connectivity index (χ3n) is 2.18. The van der Waals surface area contributed by atoms with Crippen molar-refractivity contribution < 1.29 is 22.7 Å². The fourth-order valence-corrected chi connectivity index (χ4v) is 2.00. The maximum absolute atomic E-state index is 11.3. The van der Waals surface area contributed by atoms with Crippen LogP contribution in [0, 0.1) is 0 Å². The summed E-state index contributed by atoms with van der Waals surface area (Å²) in [6.45, 7) is 0.101. The molecule has 1 unspecified atom stereocenters. The molecular formula is C10H10O5S. The molecule has 0 bridgehead atoms. The number of benzene rings is 1. The van der Waals surface area contributed by atoms with Crippen LogP contribution in [0.15, 0.2) is 23.1 Å². The predicted octanol–water partition coefficient (Wildman–Crippen LogP) is 0.429. The number of hydrogen-bond acceptors (Lipinski definition) is 5. The molecule has 5 nitrogen and oxygen atoms in total. The lowest BCUT2D eigenvalue weighted by molar-refractivity contribution is -0.115. The number of aldehydes is 1. The molecule has 1 heterocycles. The summed E-state index contributed by atoms with van der Waals surface area (Å²) in [6.07, 6.45) is 1.14. The van der Waals surface area contributed by atoms with E-state index in [1.807, 2.05) is 0 Å². The third kappa shape index (κ3) is 2.01. The van der Waals surface area contributed by atoms with E-state index >= 15 is 0 Å². The summed E-state index contributed by atoms with van der Waals surface area (Å²) in [5.41, 5.74) is 0. The molecule has 0 aliphatic carbocycles. The van der Waals surface area contributed by atoms with Crippen molar-refractivity contribution in [3.63, 3.8) is 0 Å². The quantitative estimate of drug-likeness (QED) is 0.703. The Morgan fingerprint density at radius 2 is 2.12 bits per heavy atom. The Bertz CT molecular complexity index is 520. The lowest BCUT2D eigenvalue weighted by Gasteiger charge is -2.23. The van der Waals surface area contributed by atoms with Crippen LogP contribution in [0.25, 0.3) is 0 Å². The van der Waals surface area contributed by atoms with E-state index < -0.39 is 15.9 Å². The largest absolute Gasteiger partial charge is 0.485 e. The Morgan fingerprint density at radius 3 is 2.75 bits per heavy atom. The highest BCUT2D eigenvalue weighted by Crippen LogP contribution is 2.33. The van der Waals surface area contributed by atoms with Crippen LogP contribution >= 0.6 is 0 Å². The Kier molecular flexibility index (Phi) is 2.59. The van der Waals surface area contributed by atoms with Gasteiger partial charge >= 0.3 is 0 Å². The van der Waals surface area contributed by atoms with E-state index in [0.29, 0.717) is 17.8 Å². The minimum absolute atomic E-state index is 0.101. The van der Waals surface area contributed by atoms with E-state index in [1.54, 1.807) is 0 Å². The van der Waals surface area contributed by atoms with Crippen LogP contribution in [0.3, 0.4) is 0 Å². The lowest BCUT2D eigenvalue weighted by Crippen LogP contribution is -2.30. The van der Waals surface area contributed by atoms with Gasteiger partial charge in [-0.1, -0.05) is 0 Å². The van der Waals surface area contributed by atoms with Crippen LogP contribution in [0.1, 0.15) is 0 Å². The van der Waals surface area contributed by atoms with Crippen LogP contribution in [-0.4, -0.2) is 33.7 Å². The zero-order chi connectivity index (χ0) is 11.8. The molecule has 1 aromatic rings. The second kappa shape index (κ2) is 3.79. The number of rotatable bonds is 2. The third-order valence-corrected chi connectivity index (χ3v) is 3.29. The van der Waals surface area contributed by atoms with Crippen molar-refractivity contribution in [1.29, 1.82) is 0 Å². The van der Waals surface area contributed by atoms with Crippen molar-refractivity contribution in [2.45, 2.75) is 11.0 Å². The van der Waals surface area contributed by atoms with Gasteiger partial charge in [-0.2, -0.15) is 0 Å². The van der Waals surface area contributed by atoms with E-state index in [2.05, 4.69) is 0 Å². The number of carbonyl (C=O) groups excluding carboxylic acids is 1. The highest BCUT2D eigenvalue weighted by atomic mass is 32.2. The fraction of sp³-hybridized carbons (Fsp3) is 0.300. The van der Waals surface area contributed by atoms with Gasteiger partial charge in [0.2, 0.25) is 0 Å². The summed E-state index contributed by atoms with van der Waals surface area (Å²) < 4.78 is 33.1. The molecular weight excluding hydrogens is 232 g/mol. The minimum Gasteiger partial charge on any atom is -0.485 e. The molecule has 1 aromatic carbocycles. The summed E-state index contributed by atoms with van der Waals surface area (Å²) in [4.78, 5) is 10.7.